The number of thiazole rings is 1. The lowest BCUT2D eigenvalue weighted by Gasteiger charge is -2.14. The highest BCUT2D eigenvalue weighted by Crippen LogP contribution is 2.28. The molecule has 0 saturated carbocycles. The number of benzene rings is 1. The third-order valence-electron chi connectivity index (χ3n) is 3.30. The van der Waals surface area contributed by atoms with Gasteiger partial charge in [0.1, 0.15) is 17.4 Å². The van der Waals surface area contributed by atoms with Crippen LogP contribution in [-0.2, 0) is 13.2 Å². The maximum atomic E-state index is 6.01. The highest BCUT2D eigenvalue weighted by Gasteiger charge is 2.09. The zero-order valence-electron chi connectivity index (χ0n) is 13.3. The van der Waals surface area contributed by atoms with Crippen LogP contribution in [0.1, 0.15) is 48.5 Å². The first-order valence-corrected chi connectivity index (χ1v) is 8.35. The standard InChI is InChI=1S/C17H24N2OS/c1-5-18-9-14-11-21-17(19-14)10-20-16-8-13(4)6-7-15(16)12(2)3/h6-8,11-12,18H,5,9-10H2,1-4H3. The number of aryl methyl sites for hydroxylation is 1. The molecule has 1 heterocycles. The number of aromatic nitrogens is 1. The Bertz CT molecular complexity index is 578. The molecule has 0 spiro atoms. The minimum Gasteiger partial charge on any atom is -0.486 e. The number of ether oxygens (including phenoxy) is 1. The van der Waals surface area contributed by atoms with Crippen LogP contribution < -0.4 is 10.1 Å². The van der Waals surface area contributed by atoms with E-state index in [1.54, 1.807) is 11.3 Å². The Morgan fingerprint density at radius 2 is 2.14 bits per heavy atom. The molecule has 1 aromatic heterocycles. The van der Waals surface area contributed by atoms with E-state index < -0.39 is 0 Å². The molecule has 0 amide bonds. The van der Waals surface area contributed by atoms with Gasteiger partial charge in [0.05, 0.1) is 5.69 Å². The van der Waals surface area contributed by atoms with Gasteiger partial charge in [-0.3, -0.25) is 0 Å². The second-order valence-electron chi connectivity index (χ2n) is 5.50. The summed E-state index contributed by atoms with van der Waals surface area (Å²) in [6.45, 7) is 10.9. The van der Waals surface area contributed by atoms with Gasteiger partial charge in [-0.1, -0.05) is 32.9 Å². The van der Waals surface area contributed by atoms with Crippen molar-refractivity contribution in [1.82, 2.24) is 10.3 Å². The Balaban J connectivity index is 2.02. The Morgan fingerprint density at radius 3 is 2.86 bits per heavy atom. The molecule has 0 aliphatic heterocycles. The van der Waals surface area contributed by atoms with E-state index in [1.165, 1.54) is 11.1 Å². The fraction of sp³-hybridized carbons (Fsp3) is 0.471. The summed E-state index contributed by atoms with van der Waals surface area (Å²) >= 11 is 1.66. The van der Waals surface area contributed by atoms with Crippen molar-refractivity contribution in [2.24, 2.45) is 0 Å². The second-order valence-corrected chi connectivity index (χ2v) is 6.44. The van der Waals surface area contributed by atoms with Crippen molar-refractivity contribution in [2.75, 3.05) is 6.54 Å². The van der Waals surface area contributed by atoms with Crippen LogP contribution in [0.3, 0.4) is 0 Å². The fourth-order valence-corrected chi connectivity index (χ4v) is 2.84. The third-order valence-corrected chi connectivity index (χ3v) is 4.17. The van der Waals surface area contributed by atoms with Crippen LogP contribution in [-0.4, -0.2) is 11.5 Å². The van der Waals surface area contributed by atoms with Crippen LogP contribution in [0.15, 0.2) is 23.6 Å². The van der Waals surface area contributed by atoms with E-state index in [0.29, 0.717) is 12.5 Å². The van der Waals surface area contributed by atoms with Gasteiger partial charge in [-0.25, -0.2) is 4.98 Å². The number of hydrogen-bond donors (Lipinski definition) is 1. The van der Waals surface area contributed by atoms with Gasteiger partial charge in [-0.15, -0.1) is 11.3 Å². The van der Waals surface area contributed by atoms with E-state index in [9.17, 15) is 0 Å². The number of nitrogens with zero attached hydrogens (tertiary/aromatic N) is 1. The molecule has 114 valence electrons. The first-order valence-electron chi connectivity index (χ1n) is 7.47. The van der Waals surface area contributed by atoms with E-state index >= 15 is 0 Å². The molecule has 0 aliphatic carbocycles. The molecule has 4 heteroatoms. The molecule has 2 aromatic rings. The second kappa shape index (κ2) is 7.57. The van der Waals surface area contributed by atoms with Gasteiger partial charge in [-0.2, -0.15) is 0 Å². The minimum absolute atomic E-state index is 0.459. The summed E-state index contributed by atoms with van der Waals surface area (Å²) in [6.07, 6.45) is 0. The topological polar surface area (TPSA) is 34.1 Å². The molecule has 0 saturated heterocycles. The van der Waals surface area contributed by atoms with Gasteiger partial charge in [0, 0.05) is 11.9 Å². The van der Waals surface area contributed by atoms with Crippen LogP contribution in [0, 0.1) is 6.92 Å². The van der Waals surface area contributed by atoms with E-state index in [2.05, 4.69) is 61.6 Å². The van der Waals surface area contributed by atoms with Crippen molar-refractivity contribution < 1.29 is 4.74 Å². The molecule has 0 radical (unpaired) electrons. The normalized spacial score (nSPS) is 11.1. The van der Waals surface area contributed by atoms with Crippen molar-refractivity contribution >= 4 is 11.3 Å². The van der Waals surface area contributed by atoms with Crippen molar-refractivity contribution in [3.05, 3.63) is 45.4 Å². The molecule has 0 fully saturated rings. The Morgan fingerprint density at radius 1 is 1.33 bits per heavy atom. The smallest absolute Gasteiger partial charge is 0.140 e. The summed E-state index contributed by atoms with van der Waals surface area (Å²) in [6, 6.07) is 6.41. The molecule has 0 unspecified atom stereocenters. The fourth-order valence-electron chi connectivity index (χ4n) is 2.13. The average molecular weight is 304 g/mol. The molecular weight excluding hydrogens is 280 g/mol. The van der Waals surface area contributed by atoms with Crippen LogP contribution in [0.25, 0.3) is 0 Å². The van der Waals surface area contributed by atoms with Gasteiger partial charge in [0.25, 0.3) is 0 Å². The molecule has 1 aromatic carbocycles. The molecule has 0 atom stereocenters. The van der Waals surface area contributed by atoms with E-state index in [0.717, 1.165) is 29.5 Å². The first kappa shape index (κ1) is 16.0. The lowest BCUT2D eigenvalue weighted by atomic mass is 10.0. The summed E-state index contributed by atoms with van der Waals surface area (Å²) in [5, 5.41) is 6.41. The van der Waals surface area contributed by atoms with Gasteiger partial charge in [0.15, 0.2) is 0 Å². The minimum atomic E-state index is 0.459. The molecule has 3 nitrogen and oxygen atoms in total. The Kier molecular flexibility index (Phi) is 5.76. The van der Waals surface area contributed by atoms with Crippen molar-refractivity contribution in [3.63, 3.8) is 0 Å². The maximum Gasteiger partial charge on any atom is 0.140 e. The number of hydrogen-bond acceptors (Lipinski definition) is 4. The summed E-state index contributed by atoms with van der Waals surface area (Å²) in [5.41, 5.74) is 3.57. The number of rotatable bonds is 7. The van der Waals surface area contributed by atoms with Crippen molar-refractivity contribution in [2.45, 2.75) is 46.8 Å². The molecule has 0 bridgehead atoms. The summed E-state index contributed by atoms with van der Waals surface area (Å²) in [7, 11) is 0. The molecule has 2 rings (SSSR count). The summed E-state index contributed by atoms with van der Waals surface area (Å²) in [5.74, 6) is 1.44. The van der Waals surface area contributed by atoms with E-state index in [1.807, 2.05) is 0 Å². The van der Waals surface area contributed by atoms with Crippen LogP contribution in [0.2, 0.25) is 0 Å². The van der Waals surface area contributed by atoms with E-state index in [4.69, 9.17) is 4.74 Å². The van der Waals surface area contributed by atoms with Gasteiger partial charge in [-0.05, 0) is 36.6 Å². The van der Waals surface area contributed by atoms with Gasteiger partial charge < -0.3 is 10.1 Å². The average Bonchev–Trinajstić information content (AvgIpc) is 2.90. The van der Waals surface area contributed by atoms with Crippen LogP contribution >= 0.6 is 11.3 Å². The van der Waals surface area contributed by atoms with Crippen LogP contribution in [0.5, 0.6) is 5.75 Å². The monoisotopic (exact) mass is 304 g/mol. The lowest BCUT2D eigenvalue weighted by Crippen LogP contribution is -2.12. The largest absolute Gasteiger partial charge is 0.486 e. The highest BCUT2D eigenvalue weighted by molar-refractivity contribution is 7.09. The predicted octanol–water partition coefficient (Wildman–Crippen LogP) is 4.26. The zero-order chi connectivity index (χ0) is 15.2. The Labute approximate surface area is 131 Å². The molecular formula is C17H24N2OS. The van der Waals surface area contributed by atoms with Gasteiger partial charge in [0.2, 0.25) is 0 Å². The predicted molar refractivity (Wildman–Crippen MR) is 89.1 cm³/mol. The number of nitrogens with one attached hydrogen (secondary N) is 1. The van der Waals surface area contributed by atoms with Gasteiger partial charge >= 0.3 is 0 Å². The molecule has 21 heavy (non-hydrogen) atoms. The SMILES string of the molecule is CCNCc1csc(COc2cc(C)ccc2C(C)C)n1. The third kappa shape index (κ3) is 4.55. The molecule has 1 N–H and O–H groups in total. The van der Waals surface area contributed by atoms with E-state index in [-0.39, 0.29) is 0 Å². The quantitative estimate of drug-likeness (QED) is 0.829. The summed E-state index contributed by atoms with van der Waals surface area (Å²) in [4.78, 5) is 4.59. The first-order chi connectivity index (χ1) is 10.1. The highest BCUT2D eigenvalue weighted by atomic mass is 32.1. The zero-order valence-corrected chi connectivity index (χ0v) is 14.1. The molecule has 0 aliphatic rings. The Hall–Kier alpha value is -1.39. The van der Waals surface area contributed by atoms with Crippen LogP contribution in [0.4, 0.5) is 0 Å². The summed E-state index contributed by atoms with van der Waals surface area (Å²) < 4.78 is 6.01. The van der Waals surface area contributed by atoms with Crippen molar-refractivity contribution in [1.29, 1.82) is 0 Å². The lowest BCUT2D eigenvalue weighted by molar-refractivity contribution is 0.300. The van der Waals surface area contributed by atoms with Crippen molar-refractivity contribution in [3.8, 4) is 5.75 Å². The maximum absolute atomic E-state index is 6.01.